The first kappa shape index (κ1) is 19.5. The highest BCUT2D eigenvalue weighted by atomic mass is 19.1. The number of hydrogen-bond acceptors (Lipinski definition) is 3. The van der Waals surface area contributed by atoms with Gasteiger partial charge in [-0.2, -0.15) is 0 Å². The van der Waals surface area contributed by atoms with E-state index < -0.39 is 0 Å². The Morgan fingerprint density at radius 1 is 1.15 bits per heavy atom. The highest BCUT2D eigenvalue weighted by molar-refractivity contribution is 5.91. The predicted octanol–water partition coefficient (Wildman–Crippen LogP) is 2.29. The third kappa shape index (κ3) is 5.61. The van der Waals surface area contributed by atoms with Crippen LogP contribution < -0.4 is 16.0 Å². The lowest BCUT2D eigenvalue weighted by atomic mass is 9.84. The molecular weight excluding hydrogens is 335 g/mol. The topological polar surface area (TPSA) is 78.7 Å². The Bertz CT molecular complexity index is 742. The minimum atomic E-state index is -0.271. The summed E-state index contributed by atoms with van der Waals surface area (Å²) in [6, 6.07) is 9.87. The molecule has 1 aromatic heterocycles. The molecule has 1 amide bonds. The van der Waals surface area contributed by atoms with E-state index in [1.165, 1.54) is 12.3 Å². The second-order valence-electron chi connectivity index (χ2n) is 6.48. The van der Waals surface area contributed by atoms with Gasteiger partial charge in [-0.1, -0.05) is 26.0 Å². The van der Waals surface area contributed by atoms with Crippen LogP contribution in [0.1, 0.15) is 30.0 Å². The van der Waals surface area contributed by atoms with Crippen molar-refractivity contribution in [2.45, 2.75) is 19.3 Å². The Kier molecular flexibility index (Phi) is 6.77. The Balaban J connectivity index is 1.76. The number of aliphatic imine (C=N–C) groups is 1. The number of carbonyl (C=O) groups excluding carboxylic acids is 1. The summed E-state index contributed by atoms with van der Waals surface area (Å²) in [7, 11) is 1.67. The Morgan fingerprint density at radius 3 is 2.58 bits per heavy atom. The van der Waals surface area contributed by atoms with E-state index in [-0.39, 0.29) is 22.9 Å². The van der Waals surface area contributed by atoms with E-state index in [1.807, 2.05) is 19.9 Å². The average Bonchev–Trinajstić information content (AvgIpc) is 3.15. The van der Waals surface area contributed by atoms with Crippen molar-refractivity contribution >= 4 is 11.9 Å². The number of rotatable bonds is 7. The molecule has 1 aromatic carbocycles. The van der Waals surface area contributed by atoms with Gasteiger partial charge in [0.15, 0.2) is 11.7 Å². The number of furan rings is 1. The van der Waals surface area contributed by atoms with Crippen molar-refractivity contribution in [3.8, 4) is 0 Å². The van der Waals surface area contributed by atoms with Crippen LogP contribution in [0.3, 0.4) is 0 Å². The monoisotopic (exact) mass is 360 g/mol. The van der Waals surface area contributed by atoms with Crippen molar-refractivity contribution in [1.29, 1.82) is 0 Å². The lowest BCUT2D eigenvalue weighted by Crippen LogP contribution is -2.45. The number of halogens is 1. The number of nitrogens with zero attached hydrogens (tertiary/aromatic N) is 1. The summed E-state index contributed by atoms with van der Waals surface area (Å²) in [5.74, 6) is 0.392. The number of hydrogen-bond donors (Lipinski definition) is 3. The minimum absolute atomic E-state index is 0.245. The summed E-state index contributed by atoms with van der Waals surface area (Å²) in [5.41, 5.74) is 0.638. The van der Waals surface area contributed by atoms with E-state index in [9.17, 15) is 9.18 Å². The number of amides is 1. The van der Waals surface area contributed by atoms with E-state index in [2.05, 4.69) is 20.9 Å². The van der Waals surface area contributed by atoms with Crippen LogP contribution in [-0.2, 0) is 5.41 Å². The van der Waals surface area contributed by atoms with Gasteiger partial charge in [-0.3, -0.25) is 9.79 Å². The Hall–Kier alpha value is -2.83. The summed E-state index contributed by atoms with van der Waals surface area (Å²) in [6.45, 7) is 5.58. The molecule has 0 aliphatic carbocycles. The molecule has 2 rings (SSSR count). The van der Waals surface area contributed by atoms with Crippen LogP contribution >= 0.6 is 0 Å². The van der Waals surface area contributed by atoms with Crippen molar-refractivity contribution in [3.05, 3.63) is 59.8 Å². The highest BCUT2D eigenvalue weighted by Crippen LogP contribution is 2.22. The lowest BCUT2D eigenvalue weighted by molar-refractivity contribution is 0.0926. The zero-order valence-corrected chi connectivity index (χ0v) is 15.3. The number of guanidine groups is 1. The summed E-state index contributed by atoms with van der Waals surface area (Å²) in [4.78, 5) is 15.9. The first-order valence-electron chi connectivity index (χ1n) is 8.44. The minimum Gasteiger partial charge on any atom is -0.459 e. The third-order valence-corrected chi connectivity index (χ3v) is 3.98. The molecule has 0 aliphatic heterocycles. The summed E-state index contributed by atoms with van der Waals surface area (Å²) in [5, 5.41) is 9.10. The largest absolute Gasteiger partial charge is 0.459 e. The molecule has 0 atom stereocenters. The first-order chi connectivity index (χ1) is 12.4. The van der Waals surface area contributed by atoms with Crippen LogP contribution in [0.2, 0.25) is 0 Å². The molecule has 0 fully saturated rings. The van der Waals surface area contributed by atoms with Gasteiger partial charge in [0.2, 0.25) is 0 Å². The van der Waals surface area contributed by atoms with Crippen molar-refractivity contribution in [2.24, 2.45) is 4.99 Å². The van der Waals surface area contributed by atoms with E-state index in [1.54, 1.807) is 31.3 Å². The van der Waals surface area contributed by atoms with Gasteiger partial charge in [0.05, 0.1) is 6.26 Å². The second-order valence-corrected chi connectivity index (χ2v) is 6.48. The summed E-state index contributed by atoms with van der Waals surface area (Å²) in [6.07, 6.45) is 1.46. The van der Waals surface area contributed by atoms with Crippen molar-refractivity contribution in [2.75, 3.05) is 26.7 Å². The molecular formula is C19H25FN4O2. The van der Waals surface area contributed by atoms with Gasteiger partial charge in [0, 0.05) is 32.1 Å². The van der Waals surface area contributed by atoms with E-state index in [4.69, 9.17) is 4.42 Å². The van der Waals surface area contributed by atoms with Gasteiger partial charge < -0.3 is 20.4 Å². The smallest absolute Gasteiger partial charge is 0.287 e. The number of nitrogens with one attached hydrogen (secondary N) is 3. The summed E-state index contributed by atoms with van der Waals surface area (Å²) >= 11 is 0. The normalized spacial score (nSPS) is 11.9. The van der Waals surface area contributed by atoms with Gasteiger partial charge in [-0.05, 0) is 29.8 Å². The second kappa shape index (κ2) is 9.03. The standard InChI is InChI=1S/C19H25FN4O2/c1-19(2,14-6-4-7-15(20)12-14)13-24-18(21-3)23-10-9-22-17(25)16-8-5-11-26-16/h4-8,11-12H,9-10,13H2,1-3H3,(H,22,25)(H2,21,23,24). The molecule has 0 saturated carbocycles. The molecule has 0 aliphatic rings. The average molecular weight is 360 g/mol. The van der Waals surface area contributed by atoms with Gasteiger partial charge >= 0.3 is 0 Å². The maximum Gasteiger partial charge on any atom is 0.287 e. The van der Waals surface area contributed by atoms with Crippen LogP contribution in [0.25, 0.3) is 0 Å². The quantitative estimate of drug-likeness (QED) is 0.402. The SMILES string of the molecule is CN=C(NCCNC(=O)c1ccco1)NCC(C)(C)c1cccc(F)c1. The zero-order valence-electron chi connectivity index (χ0n) is 15.3. The number of carbonyl (C=O) groups is 1. The van der Waals surface area contributed by atoms with Crippen LogP contribution in [0.4, 0.5) is 4.39 Å². The van der Waals surface area contributed by atoms with Crippen molar-refractivity contribution in [3.63, 3.8) is 0 Å². The third-order valence-electron chi connectivity index (χ3n) is 3.98. The van der Waals surface area contributed by atoms with Gasteiger partial charge in [-0.15, -0.1) is 0 Å². The molecule has 0 unspecified atom stereocenters. The van der Waals surface area contributed by atoms with Crippen LogP contribution in [0.5, 0.6) is 0 Å². The van der Waals surface area contributed by atoms with Crippen LogP contribution in [0, 0.1) is 5.82 Å². The van der Waals surface area contributed by atoms with E-state index >= 15 is 0 Å². The molecule has 0 bridgehead atoms. The zero-order chi connectivity index (χ0) is 19.0. The molecule has 6 nitrogen and oxygen atoms in total. The van der Waals surface area contributed by atoms with Crippen LogP contribution in [-0.4, -0.2) is 38.5 Å². The number of benzene rings is 1. The molecule has 0 saturated heterocycles. The molecule has 1 heterocycles. The molecule has 0 radical (unpaired) electrons. The van der Waals surface area contributed by atoms with Gasteiger partial charge in [-0.25, -0.2) is 4.39 Å². The maximum absolute atomic E-state index is 13.4. The van der Waals surface area contributed by atoms with Crippen molar-refractivity contribution < 1.29 is 13.6 Å². The van der Waals surface area contributed by atoms with Gasteiger partial charge in [0.25, 0.3) is 5.91 Å². The molecule has 26 heavy (non-hydrogen) atoms. The van der Waals surface area contributed by atoms with E-state index in [0.29, 0.717) is 25.6 Å². The Labute approximate surface area is 152 Å². The maximum atomic E-state index is 13.4. The molecule has 3 N–H and O–H groups in total. The molecule has 0 spiro atoms. The van der Waals surface area contributed by atoms with Crippen molar-refractivity contribution in [1.82, 2.24) is 16.0 Å². The first-order valence-corrected chi connectivity index (χ1v) is 8.44. The van der Waals surface area contributed by atoms with Gasteiger partial charge in [0.1, 0.15) is 5.82 Å². The Morgan fingerprint density at radius 2 is 1.92 bits per heavy atom. The molecule has 2 aromatic rings. The fraction of sp³-hybridized carbons (Fsp3) is 0.368. The predicted molar refractivity (Wildman–Crippen MR) is 99.8 cm³/mol. The lowest BCUT2D eigenvalue weighted by Gasteiger charge is -2.26. The fourth-order valence-corrected chi connectivity index (χ4v) is 2.39. The molecule has 140 valence electrons. The highest BCUT2D eigenvalue weighted by Gasteiger charge is 2.21. The van der Waals surface area contributed by atoms with E-state index in [0.717, 1.165) is 5.56 Å². The summed E-state index contributed by atoms with van der Waals surface area (Å²) < 4.78 is 18.5. The molecule has 7 heteroatoms. The fourth-order valence-electron chi connectivity index (χ4n) is 2.39. The van der Waals surface area contributed by atoms with Crippen LogP contribution in [0.15, 0.2) is 52.1 Å².